The topological polar surface area (TPSA) is 73.8 Å². The number of rotatable bonds is 4. The molecule has 1 aromatic heterocycles. The van der Waals surface area contributed by atoms with Crippen LogP contribution in [0.2, 0.25) is 5.02 Å². The Morgan fingerprint density at radius 1 is 1.00 bits per heavy atom. The third-order valence-electron chi connectivity index (χ3n) is 6.00. The van der Waals surface area contributed by atoms with Crippen LogP contribution >= 0.6 is 11.6 Å². The molecule has 4 rings (SSSR count). The van der Waals surface area contributed by atoms with Crippen molar-refractivity contribution in [1.29, 1.82) is 0 Å². The Kier molecular flexibility index (Phi) is 6.50. The largest absolute Gasteiger partial charge is 0.352 e. The highest BCUT2D eigenvalue weighted by molar-refractivity contribution is 7.89. The number of hydrogen-bond acceptors (Lipinski definition) is 5. The van der Waals surface area contributed by atoms with E-state index in [1.165, 1.54) is 4.31 Å². The SMILES string of the molecule is Cc1ccc(S(=O)(=O)N2CCCCC2)cc1C(=O)N1CCN(c2ncccc2Cl)CC1. The van der Waals surface area contributed by atoms with Gasteiger partial charge < -0.3 is 9.80 Å². The van der Waals surface area contributed by atoms with Crippen LogP contribution in [-0.2, 0) is 10.0 Å². The van der Waals surface area contributed by atoms with Crippen molar-refractivity contribution in [3.63, 3.8) is 0 Å². The first-order valence-electron chi connectivity index (χ1n) is 10.6. The summed E-state index contributed by atoms with van der Waals surface area (Å²) in [5, 5.41) is 0.591. The molecule has 0 unspecified atom stereocenters. The Morgan fingerprint density at radius 2 is 1.71 bits per heavy atom. The first-order chi connectivity index (χ1) is 14.9. The van der Waals surface area contributed by atoms with E-state index in [2.05, 4.69) is 9.88 Å². The minimum Gasteiger partial charge on any atom is -0.352 e. The van der Waals surface area contributed by atoms with Crippen LogP contribution in [0.15, 0.2) is 41.4 Å². The fraction of sp³-hybridized carbons (Fsp3) is 0.455. The first-order valence-corrected chi connectivity index (χ1v) is 12.5. The number of nitrogens with zero attached hydrogens (tertiary/aromatic N) is 4. The minimum atomic E-state index is -3.58. The summed E-state index contributed by atoms with van der Waals surface area (Å²) in [6.07, 6.45) is 4.51. The van der Waals surface area contributed by atoms with Gasteiger partial charge in [0.2, 0.25) is 10.0 Å². The number of piperidine rings is 1. The third kappa shape index (κ3) is 4.56. The Hall–Kier alpha value is -2.16. The number of anilines is 1. The lowest BCUT2D eigenvalue weighted by atomic mass is 10.1. The summed E-state index contributed by atoms with van der Waals surface area (Å²) in [5.41, 5.74) is 1.22. The summed E-state index contributed by atoms with van der Waals surface area (Å²) < 4.78 is 27.6. The van der Waals surface area contributed by atoms with Gasteiger partial charge in [0.15, 0.2) is 0 Å². The number of piperazine rings is 1. The molecule has 0 radical (unpaired) electrons. The van der Waals surface area contributed by atoms with E-state index in [1.807, 2.05) is 6.92 Å². The molecule has 0 saturated carbocycles. The molecule has 7 nitrogen and oxygen atoms in total. The van der Waals surface area contributed by atoms with Gasteiger partial charge in [-0.05, 0) is 49.6 Å². The number of amides is 1. The van der Waals surface area contributed by atoms with E-state index in [-0.39, 0.29) is 10.8 Å². The Bertz CT molecular complexity index is 1060. The van der Waals surface area contributed by atoms with Crippen molar-refractivity contribution < 1.29 is 13.2 Å². The van der Waals surface area contributed by atoms with Crippen LogP contribution in [0.5, 0.6) is 0 Å². The number of sulfonamides is 1. The Morgan fingerprint density at radius 3 is 2.39 bits per heavy atom. The number of hydrogen-bond donors (Lipinski definition) is 0. The van der Waals surface area contributed by atoms with E-state index in [0.29, 0.717) is 49.9 Å². The van der Waals surface area contributed by atoms with Crippen molar-refractivity contribution in [2.24, 2.45) is 0 Å². The van der Waals surface area contributed by atoms with Crippen LogP contribution in [0.3, 0.4) is 0 Å². The van der Waals surface area contributed by atoms with Crippen molar-refractivity contribution in [2.45, 2.75) is 31.1 Å². The molecule has 2 aromatic rings. The predicted molar refractivity (Wildman–Crippen MR) is 121 cm³/mol. The lowest BCUT2D eigenvalue weighted by molar-refractivity contribution is 0.0745. The van der Waals surface area contributed by atoms with Gasteiger partial charge in [-0.1, -0.05) is 24.1 Å². The molecular weight excluding hydrogens is 436 g/mol. The molecule has 3 heterocycles. The molecule has 2 saturated heterocycles. The summed E-state index contributed by atoms with van der Waals surface area (Å²) in [5.74, 6) is 0.585. The minimum absolute atomic E-state index is 0.139. The maximum atomic E-state index is 13.2. The van der Waals surface area contributed by atoms with Gasteiger partial charge >= 0.3 is 0 Å². The molecule has 2 aliphatic rings. The maximum absolute atomic E-state index is 13.2. The second-order valence-corrected chi connectivity index (χ2v) is 10.4. The van der Waals surface area contributed by atoms with Gasteiger partial charge in [-0.15, -0.1) is 0 Å². The zero-order valence-electron chi connectivity index (χ0n) is 17.6. The number of aromatic nitrogens is 1. The molecular formula is C22H27ClN4O3S. The van der Waals surface area contributed by atoms with Crippen LogP contribution < -0.4 is 4.90 Å². The van der Waals surface area contributed by atoms with Crippen LogP contribution in [0.4, 0.5) is 5.82 Å². The van der Waals surface area contributed by atoms with Crippen molar-refractivity contribution in [2.75, 3.05) is 44.2 Å². The molecule has 2 aliphatic heterocycles. The average Bonchev–Trinajstić information content (AvgIpc) is 2.80. The predicted octanol–water partition coefficient (Wildman–Crippen LogP) is 3.18. The van der Waals surface area contributed by atoms with Gasteiger partial charge in [0.1, 0.15) is 5.82 Å². The lowest BCUT2D eigenvalue weighted by Crippen LogP contribution is -2.49. The van der Waals surface area contributed by atoms with Gasteiger partial charge in [-0.2, -0.15) is 4.31 Å². The fourth-order valence-electron chi connectivity index (χ4n) is 4.15. The van der Waals surface area contributed by atoms with Crippen molar-refractivity contribution in [3.8, 4) is 0 Å². The number of halogens is 1. The van der Waals surface area contributed by atoms with E-state index in [0.717, 1.165) is 30.6 Å². The quantitative estimate of drug-likeness (QED) is 0.697. The maximum Gasteiger partial charge on any atom is 0.254 e. The van der Waals surface area contributed by atoms with Gasteiger partial charge in [-0.25, -0.2) is 13.4 Å². The van der Waals surface area contributed by atoms with Crippen molar-refractivity contribution in [3.05, 3.63) is 52.7 Å². The standard InChI is InChI=1S/C22H27ClN4O3S/c1-17-7-8-18(31(29,30)27-10-3-2-4-11-27)16-19(17)22(28)26-14-12-25(13-15-26)21-20(23)6-5-9-24-21/h5-9,16H,2-4,10-15H2,1H3. The molecule has 1 amide bonds. The summed E-state index contributed by atoms with van der Waals surface area (Å²) in [6, 6.07) is 8.48. The van der Waals surface area contributed by atoms with Crippen LogP contribution in [-0.4, -0.2) is 67.8 Å². The summed E-state index contributed by atoms with van der Waals surface area (Å²) in [7, 11) is -3.58. The lowest BCUT2D eigenvalue weighted by Gasteiger charge is -2.36. The number of aryl methyl sites for hydroxylation is 1. The second-order valence-electron chi connectivity index (χ2n) is 8.03. The highest BCUT2D eigenvalue weighted by Gasteiger charge is 2.29. The van der Waals surface area contributed by atoms with E-state index in [9.17, 15) is 13.2 Å². The molecule has 1 aromatic carbocycles. The van der Waals surface area contributed by atoms with Crippen LogP contribution in [0.25, 0.3) is 0 Å². The zero-order valence-corrected chi connectivity index (χ0v) is 19.2. The van der Waals surface area contributed by atoms with E-state index >= 15 is 0 Å². The van der Waals surface area contributed by atoms with E-state index in [1.54, 1.807) is 41.4 Å². The Labute approximate surface area is 188 Å². The molecule has 9 heteroatoms. The number of benzene rings is 1. The third-order valence-corrected chi connectivity index (χ3v) is 8.19. The fourth-order valence-corrected chi connectivity index (χ4v) is 5.93. The molecule has 31 heavy (non-hydrogen) atoms. The van der Waals surface area contributed by atoms with E-state index in [4.69, 9.17) is 11.6 Å². The van der Waals surface area contributed by atoms with E-state index < -0.39 is 10.0 Å². The number of pyridine rings is 1. The smallest absolute Gasteiger partial charge is 0.254 e. The summed E-state index contributed by atoms with van der Waals surface area (Å²) in [6.45, 7) is 5.20. The number of carbonyl (C=O) groups is 1. The van der Waals surface area contributed by atoms with Crippen molar-refractivity contribution in [1.82, 2.24) is 14.2 Å². The molecule has 0 spiro atoms. The van der Waals surface area contributed by atoms with Gasteiger partial charge in [-0.3, -0.25) is 4.79 Å². The monoisotopic (exact) mass is 462 g/mol. The zero-order chi connectivity index (χ0) is 22.0. The second kappa shape index (κ2) is 9.14. The average molecular weight is 463 g/mol. The summed E-state index contributed by atoms with van der Waals surface area (Å²) >= 11 is 6.25. The highest BCUT2D eigenvalue weighted by atomic mass is 35.5. The molecule has 0 bridgehead atoms. The molecule has 166 valence electrons. The molecule has 2 fully saturated rings. The van der Waals surface area contributed by atoms with Gasteiger partial charge in [0.05, 0.1) is 9.92 Å². The first kappa shape index (κ1) is 22.0. The summed E-state index contributed by atoms with van der Waals surface area (Å²) in [4.78, 5) is 21.6. The molecule has 0 N–H and O–H groups in total. The number of carbonyl (C=O) groups excluding carboxylic acids is 1. The normalized spacial score (nSPS) is 18.3. The van der Waals surface area contributed by atoms with Crippen molar-refractivity contribution >= 4 is 33.3 Å². The van der Waals surface area contributed by atoms with Crippen LogP contribution in [0, 0.1) is 6.92 Å². The van der Waals surface area contributed by atoms with Gasteiger partial charge in [0.25, 0.3) is 5.91 Å². The Balaban J connectivity index is 1.50. The molecule has 0 aliphatic carbocycles. The molecule has 0 atom stereocenters. The highest BCUT2D eigenvalue weighted by Crippen LogP contribution is 2.26. The van der Waals surface area contributed by atoms with Gasteiger partial charge in [0, 0.05) is 51.0 Å². The van der Waals surface area contributed by atoms with Crippen LogP contribution in [0.1, 0.15) is 35.2 Å².